The number of anilines is 1. The summed E-state index contributed by atoms with van der Waals surface area (Å²) in [4.78, 5) is 41.3. The number of H-pyrrole nitrogens is 2. The number of aromatic amines is 2. The first-order valence-corrected chi connectivity index (χ1v) is 8.58. The van der Waals surface area contributed by atoms with Gasteiger partial charge in [0.1, 0.15) is 17.2 Å². The highest BCUT2D eigenvalue weighted by molar-refractivity contribution is 5.92. The number of nitrogens with one attached hydrogen (secondary N) is 2. The van der Waals surface area contributed by atoms with Gasteiger partial charge in [0.05, 0.1) is 12.2 Å². The minimum atomic E-state index is -0.328. The largest absolute Gasteiger partial charge is 0.362 e. The van der Waals surface area contributed by atoms with Crippen LogP contribution in [0.1, 0.15) is 21.7 Å². The molecule has 0 aliphatic carbocycles. The van der Waals surface area contributed by atoms with E-state index in [4.69, 9.17) is 0 Å². The van der Waals surface area contributed by atoms with Crippen molar-refractivity contribution in [2.45, 2.75) is 13.0 Å². The number of hydrogen-bond acceptors (Lipinski definition) is 6. The minimum absolute atomic E-state index is 0.233. The molecule has 0 fully saturated rings. The Bertz CT molecular complexity index is 1040. The second kappa shape index (κ2) is 6.67. The number of nitrogens with zero attached hydrogens (tertiary/aromatic N) is 5. The average molecular weight is 365 g/mol. The van der Waals surface area contributed by atoms with E-state index in [2.05, 4.69) is 25.1 Å². The van der Waals surface area contributed by atoms with Crippen molar-refractivity contribution in [2.75, 3.05) is 25.5 Å². The van der Waals surface area contributed by atoms with E-state index in [-0.39, 0.29) is 17.2 Å². The molecule has 0 unspecified atom stereocenters. The van der Waals surface area contributed by atoms with E-state index >= 15 is 0 Å². The highest BCUT2D eigenvalue weighted by Gasteiger charge is 2.27. The Kier molecular flexibility index (Phi) is 4.19. The summed E-state index contributed by atoms with van der Waals surface area (Å²) in [5.74, 6) is 1.13. The summed E-state index contributed by atoms with van der Waals surface area (Å²) >= 11 is 0. The van der Waals surface area contributed by atoms with Crippen molar-refractivity contribution in [3.05, 3.63) is 57.8 Å². The minimum Gasteiger partial charge on any atom is -0.362 e. The second-order valence-electron chi connectivity index (χ2n) is 6.55. The molecule has 1 aliphatic heterocycles. The smallest absolute Gasteiger partial charge is 0.272 e. The summed E-state index contributed by atoms with van der Waals surface area (Å²) in [7, 11) is 3.87. The highest BCUT2D eigenvalue weighted by Crippen LogP contribution is 2.28. The molecule has 4 heterocycles. The molecule has 0 aromatic carbocycles. The van der Waals surface area contributed by atoms with Gasteiger partial charge in [-0.25, -0.2) is 9.97 Å². The first-order valence-electron chi connectivity index (χ1n) is 8.58. The molecule has 1 amide bonds. The predicted octanol–water partition coefficient (Wildman–Crippen LogP) is 0.819. The lowest BCUT2D eigenvalue weighted by Gasteiger charge is -2.30. The van der Waals surface area contributed by atoms with Crippen molar-refractivity contribution in [1.82, 2.24) is 30.0 Å². The van der Waals surface area contributed by atoms with Gasteiger partial charge in [-0.05, 0) is 18.6 Å². The molecule has 3 aromatic heterocycles. The van der Waals surface area contributed by atoms with Crippen molar-refractivity contribution >= 4 is 11.7 Å². The third-order valence-corrected chi connectivity index (χ3v) is 4.47. The van der Waals surface area contributed by atoms with Crippen molar-refractivity contribution in [3.8, 4) is 11.5 Å². The van der Waals surface area contributed by atoms with E-state index in [1.54, 1.807) is 11.1 Å². The molecule has 3 aromatic rings. The van der Waals surface area contributed by atoms with E-state index in [9.17, 15) is 9.59 Å². The first-order chi connectivity index (χ1) is 13.0. The van der Waals surface area contributed by atoms with Crippen LogP contribution < -0.4 is 10.5 Å². The lowest BCUT2D eigenvalue weighted by Crippen LogP contribution is -2.37. The van der Waals surface area contributed by atoms with Gasteiger partial charge in [-0.1, -0.05) is 6.07 Å². The molecule has 9 nitrogen and oxygen atoms in total. The van der Waals surface area contributed by atoms with Crippen LogP contribution in [0.3, 0.4) is 0 Å². The number of rotatable bonds is 3. The third-order valence-electron chi connectivity index (χ3n) is 4.47. The van der Waals surface area contributed by atoms with Gasteiger partial charge in [0.15, 0.2) is 5.82 Å². The highest BCUT2D eigenvalue weighted by atomic mass is 16.2. The molecular weight excluding hydrogens is 346 g/mol. The van der Waals surface area contributed by atoms with E-state index in [1.165, 1.54) is 6.07 Å². The number of hydrogen-bond donors (Lipinski definition) is 2. The number of fused-ring (bicyclic) bond motifs is 1. The Hall–Kier alpha value is -3.49. The van der Waals surface area contributed by atoms with Crippen LogP contribution in [0.4, 0.5) is 5.82 Å². The fourth-order valence-corrected chi connectivity index (χ4v) is 3.18. The molecule has 0 saturated heterocycles. The molecule has 2 N–H and O–H groups in total. The van der Waals surface area contributed by atoms with Gasteiger partial charge in [0.2, 0.25) is 0 Å². The Morgan fingerprint density at radius 2 is 2.07 bits per heavy atom. The number of aromatic nitrogens is 5. The molecule has 0 radical (unpaired) electrons. The molecule has 4 rings (SSSR count). The van der Waals surface area contributed by atoms with E-state index in [0.29, 0.717) is 31.0 Å². The molecule has 0 spiro atoms. The van der Waals surface area contributed by atoms with Crippen LogP contribution in [0.2, 0.25) is 0 Å². The van der Waals surface area contributed by atoms with Gasteiger partial charge in [0.25, 0.3) is 11.5 Å². The van der Waals surface area contributed by atoms with Gasteiger partial charge < -0.3 is 9.80 Å². The van der Waals surface area contributed by atoms with Crippen LogP contribution in [0, 0.1) is 0 Å². The van der Waals surface area contributed by atoms with Crippen LogP contribution in [0.25, 0.3) is 11.5 Å². The SMILES string of the molecule is CN(C)c1nc(-c2ccccn2)nc2c1CCN(C(=O)c1cc(=O)[nH][nH]1)C2. The maximum atomic E-state index is 12.7. The maximum absolute atomic E-state index is 12.7. The molecule has 9 heteroatoms. The van der Waals surface area contributed by atoms with Gasteiger partial charge in [0, 0.05) is 38.5 Å². The zero-order valence-corrected chi connectivity index (χ0v) is 15.1. The van der Waals surface area contributed by atoms with Crippen LogP contribution in [-0.4, -0.2) is 56.6 Å². The summed E-state index contributed by atoms with van der Waals surface area (Å²) in [6, 6.07) is 6.85. The van der Waals surface area contributed by atoms with E-state index in [0.717, 1.165) is 17.1 Å². The van der Waals surface area contributed by atoms with Crippen LogP contribution in [0.5, 0.6) is 0 Å². The molecule has 27 heavy (non-hydrogen) atoms. The average Bonchev–Trinajstić information content (AvgIpc) is 3.13. The predicted molar refractivity (Wildman–Crippen MR) is 99.4 cm³/mol. The van der Waals surface area contributed by atoms with Gasteiger partial charge >= 0.3 is 0 Å². The zero-order chi connectivity index (χ0) is 19.0. The Morgan fingerprint density at radius 1 is 1.22 bits per heavy atom. The van der Waals surface area contributed by atoms with Gasteiger partial charge in [-0.3, -0.25) is 24.8 Å². The Labute approximate surface area is 155 Å². The fourth-order valence-electron chi connectivity index (χ4n) is 3.18. The summed E-state index contributed by atoms with van der Waals surface area (Å²) < 4.78 is 0. The van der Waals surface area contributed by atoms with Crippen molar-refractivity contribution in [3.63, 3.8) is 0 Å². The fraction of sp³-hybridized carbons (Fsp3) is 0.278. The third kappa shape index (κ3) is 3.19. The van der Waals surface area contributed by atoms with E-state index in [1.807, 2.05) is 37.2 Å². The normalized spacial score (nSPS) is 13.3. The van der Waals surface area contributed by atoms with E-state index < -0.39 is 0 Å². The monoisotopic (exact) mass is 365 g/mol. The van der Waals surface area contributed by atoms with Crippen LogP contribution in [0.15, 0.2) is 35.3 Å². The number of carbonyl (C=O) groups is 1. The van der Waals surface area contributed by atoms with Crippen LogP contribution in [-0.2, 0) is 13.0 Å². The Balaban J connectivity index is 1.72. The summed E-state index contributed by atoms with van der Waals surface area (Å²) in [5.41, 5.74) is 2.43. The number of carbonyl (C=O) groups excluding carboxylic acids is 1. The summed E-state index contributed by atoms with van der Waals surface area (Å²) in [6.45, 7) is 0.886. The first kappa shape index (κ1) is 17.0. The lowest BCUT2D eigenvalue weighted by atomic mass is 10.0. The van der Waals surface area contributed by atoms with Crippen molar-refractivity contribution in [2.24, 2.45) is 0 Å². The molecular formula is C18H19N7O2. The topological polar surface area (TPSA) is 111 Å². The lowest BCUT2D eigenvalue weighted by molar-refractivity contribution is 0.0726. The van der Waals surface area contributed by atoms with Crippen molar-refractivity contribution in [1.29, 1.82) is 0 Å². The molecule has 0 atom stereocenters. The second-order valence-corrected chi connectivity index (χ2v) is 6.55. The Morgan fingerprint density at radius 3 is 2.74 bits per heavy atom. The van der Waals surface area contributed by atoms with Gasteiger partial charge in [-0.15, -0.1) is 0 Å². The molecule has 1 aliphatic rings. The quantitative estimate of drug-likeness (QED) is 0.711. The van der Waals surface area contributed by atoms with Gasteiger partial charge in [-0.2, -0.15) is 0 Å². The molecule has 0 saturated carbocycles. The maximum Gasteiger partial charge on any atom is 0.272 e. The zero-order valence-electron chi connectivity index (χ0n) is 15.1. The molecule has 138 valence electrons. The number of pyridine rings is 1. The summed E-state index contributed by atoms with van der Waals surface area (Å²) in [6.07, 6.45) is 2.34. The molecule has 0 bridgehead atoms. The van der Waals surface area contributed by atoms with Crippen LogP contribution >= 0.6 is 0 Å². The standard InChI is InChI=1S/C18H19N7O2/c1-24(2)17-11-6-8-25(18(27)13-9-15(26)23-22-13)10-14(11)20-16(21-17)12-5-3-4-7-19-12/h3-5,7,9H,6,8,10H2,1-2H3,(H2,22,23,26). The van der Waals surface area contributed by atoms with Crippen molar-refractivity contribution < 1.29 is 4.79 Å². The number of amides is 1. The summed E-state index contributed by atoms with van der Waals surface area (Å²) in [5, 5.41) is 5.01.